The van der Waals surface area contributed by atoms with Gasteiger partial charge >= 0.3 is 0 Å². The van der Waals surface area contributed by atoms with Crippen molar-refractivity contribution in [2.75, 3.05) is 6.61 Å². The second kappa shape index (κ2) is 5.24. The van der Waals surface area contributed by atoms with Crippen LogP contribution in [-0.4, -0.2) is 16.9 Å². The zero-order chi connectivity index (χ0) is 13.1. The van der Waals surface area contributed by atoms with Crippen molar-refractivity contribution < 1.29 is 9.63 Å². The first-order valence-electron chi connectivity index (χ1n) is 6.42. The van der Waals surface area contributed by atoms with Crippen LogP contribution in [0.1, 0.15) is 12.2 Å². The van der Waals surface area contributed by atoms with E-state index < -0.39 is 0 Å². The number of rotatable bonds is 4. The van der Waals surface area contributed by atoms with E-state index in [2.05, 4.69) is 35.5 Å². The molecule has 3 heteroatoms. The maximum Gasteiger partial charge on any atom is 0.137 e. The summed E-state index contributed by atoms with van der Waals surface area (Å²) in [6.07, 6.45) is 1.42. The summed E-state index contributed by atoms with van der Waals surface area (Å²) in [6, 6.07) is 16.4. The minimum absolute atomic E-state index is 0.173. The highest BCUT2D eigenvalue weighted by atomic mass is 16.5. The molecule has 19 heavy (non-hydrogen) atoms. The molecule has 1 N–H and O–H groups in total. The number of hydrogen-bond acceptors (Lipinski definition) is 3. The van der Waals surface area contributed by atoms with E-state index in [0.29, 0.717) is 6.42 Å². The standard InChI is InChI=1S/C16H15NO2/c18-9-3-6-15-11-16(17-19-15)14-8-7-12-4-1-2-5-13(12)10-14/h1-2,4-5,7-8,10-11,18H,3,6,9H2. The second-order valence-corrected chi connectivity index (χ2v) is 4.57. The Bertz CT molecular complexity index is 688. The number of aliphatic hydroxyl groups excluding tert-OH is 1. The van der Waals surface area contributed by atoms with Crippen LogP contribution in [-0.2, 0) is 6.42 Å². The predicted octanol–water partition coefficient (Wildman–Crippen LogP) is 3.42. The van der Waals surface area contributed by atoms with Gasteiger partial charge < -0.3 is 9.63 Å². The Hall–Kier alpha value is -2.13. The highest BCUT2D eigenvalue weighted by molar-refractivity contribution is 5.86. The van der Waals surface area contributed by atoms with Gasteiger partial charge in [-0.2, -0.15) is 0 Å². The highest BCUT2D eigenvalue weighted by Crippen LogP contribution is 2.24. The largest absolute Gasteiger partial charge is 0.396 e. The maximum absolute atomic E-state index is 8.81. The Kier molecular flexibility index (Phi) is 3.29. The molecule has 0 radical (unpaired) electrons. The first-order chi connectivity index (χ1) is 9.36. The van der Waals surface area contributed by atoms with Crippen LogP contribution in [0, 0.1) is 0 Å². The summed E-state index contributed by atoms with van der Waals surface area (Å²) in [6.45, 7) is 0.173. The van der Waals surface area contributed by atoms with Crippen LogP contribution >= 0.6 is 0 Å². The Morgan fingerprint density at radius 2 is 1.84 bits per heavy atom. The van der Waals surface area contributed by atoms with E-state index >= 15 is 0 Å². The van der Waals surface area contributed by atoms with Crippen molar-refractivity contribution in [1.29, 1.82) is 0 Å². The normalized spacial score (nSPS) is 11.0. The van der Waals surface area contributed by atoms with E-state index in [1.807, 2.05) is 18.2 Å². The lowest BCUT2D eigenvalue weighted by molar-refractivity contribution is 0.280. The van der Waals surface area contributed by atoms with Crippen LogP contribution in [0.4, 0.5) is 0 Å². The van der Waals surface area contributed by atoms with Crippen LogP contribution in [0.5, 0.6) is 0 Å². The number of fused-ring (bicyclic) bond motifs is 1. The molecule has 0 amide bonds. The molecule has 0 aliphatic carbocycles. The van der Waals surface area contributed by atoms with Crippen molar-refractivity contribution in [1.82, 2.24) is 5.16 Å². The molecule has 0 aliphatic heterocycles. The van der Waals surface area contributed by atoms with E-state index in [1.54, 1.807) is 0 Å². The summed E-state index contributed by atoms with van der Waals surface area (Å²) in [5.41, 5.74) is 1.90. The van der Waals surface area contributed by atoms with Crippen LogP contribution in [0.15, 0.2) is 53.1 Å². The van der Waals surface area contributed by atoms with E-state index in [9.17, 15) is 0 Å². The molecule has 0 fully saturated rings. The topological polar surface area (TPSA) is 46.3 Å². The second-order valence-electron chi connectivity index (χ2n) is 4.57. The van der Waals surface area contributed by atoms with Crippen LogP contribution in [0.3, 0.4) is 0 Å². The summed E-state index contributed by atoms with van der Waals surface area (Å²) in [7, 11) is 0. The number of nitrogens with zero attached hydrogens (tertiary/aromatic N) is 1. The van der Waals surface area contributed by atoms with Gasteiger partial charge in [0.2, 0.25) is 0 Å². The van der Waals surface area contributed by atoms with Gasteiger partial charge in [0, 0.05) is 24.7 Å². The van der Waals surface area contributed by atoms with Gasteiger partial charge in [0.15, 0.2) is 0 Å². The molecule has 3 nitrogen and oxygen atoms in total. The fourth-order valence-corrected chi connectivity index (χ4v) is 2.17. The minimum Gasteiger partial charge on any atom is -0.396 e. The average Bonchev–Trinajstić information content (AvgIpc) is 2.93. The molecule has 0 bridgehead atoms. The van der Waals surface area contributed by atoms with Gasteiger partial charge in [0.1, 0.15) is 11.5 Å². The minimum atomic E-state index is 0.173. The van der Waals surface area contributed by atoms with Gasteiger partial charge in [0.05, 0.1) is 0 Å². The van der Waals surface area contributed by atoms with Crippen LogP contribution in [0.2, 0.25) is 0 Å². The zero-order valence-electron chi connectivity index (χ0n) is 10.5. The third-order valence-corrected chi connectivity index (χ3v) is 3.19. The first kappa shape index (κ1) is 11.9. The quantitative estimate of drug-likeness (QED) is 0.775. The summed E-state index contributed by atoms with van der Waals surface area (Å²) in [5.74, 6) is 0.817. The van der Waals surface area contributed by atoms with E-state index in [0.717, 1.165) is 23.4 Å². The number of hydrogen-bond donors (Lipinski definition) is 1. The van der Waals surface area contributed by atoms with Crippen molar-refractivity contribution in [3.05, 3.63) is 54.3 Å². The zero-order valence-corrected chi connectivity index (χ0v) is 10.5. The van der Waals surface area contributed by atoms with Gasteiger partial charge in [-0.05, 0) is 23.3 Å². The molecular weight excluding hydrogens is 238 g/mol. The van der Waals surface area contributed by atoms with Gasteiger partial charge in [-0.15, -0.1) is 0 Å². The average molecular weight is 253 g/mol. The van der Waals surface area contributed by atoms with Crippen LogP contribution < -0.4 is 0 Å². The Labute approximate surface area is 111 Å². The van der Waals surface area contributed by atoms with Crippen molar-refractivity contribution in [3.63, 3.8) is 0 Å². The molecule has 0 atom stereocenters. The Balaban J connectivity index is 1.92. The van der Waals surface area contributed by atoms with Crippen molar-refractivity contribution in [3.8, 4) is 11.3 Å². The summed E-state index contributed by atoms with van der Waals surface area (Å²) < 4.78 is 5.27. The van der Waals surface area contributed by atoms with Crippen LogP contribution in [0.25, 0.3) is 22.0 Å². The molecule has 0 saturated carbocycles. The molecule has 1 heterocycles. The van der Waals surface area contributed by atoms with E-state index in [-0.39, 0.29) is 6.61 Å². The lowest BCUT2D eigenvalue weighted by Gasteiger charge is -1.99. The number of aromatic nitrogens is 1. The van der Waals surface area contributed by atoms with Gasteiger partial charge in [-0.1, -0.05) is 41.6 Å². The van der Waals surface area contributed by atoms with Crippen molar-refractivity contribution in [2.45, 2.75) is 12.8 Å². The van der Waals surface area contributed by atoms with Gasteiger partial charge in [-0.3, -0.25) is 0 Å². The summed E-state index contributed by atoms with van der Waals surface area (Å²) in [4.78, 5) is 0. The van der Waals surface area contributed by atoms with Gasteiger partial charge in [0.25, 0.3) is 0 Å². The first-order valence-corrected chi connectivity index (χ1v) is 6.42. The summed E-state index contributed by atoms with van der Waals surface area (Å²) in [5, 5.41) is 15.3. The third-order valence-electron chi connectivity index (χ3n) is 3.19. The molecule has 0 saturated heterocycles. The molecule has 0 aliphatic rings. The maximum atomic E-state index is 8.81. The molecule has 2 aromatic carbocycles. The number of benzene rings is 2. The van der Waals surface area contributed by atoms with Crippen molar-refractivity contribution >= 4 is 10.8 Å². The number of aliphatic hydroxyl groups is 1. The molecule has 3 rings (SSSR count). The van der Waals surface area contributed by atoms with Crippen molar-refractivity contribution in [2.24, 2.45) is 0 Å². The summed E-state index contributed by atoms with van der Waals surface area (Å²) >= 11 is 0. The third kappa shape index (κ3) is 2.51. The SMILES string of the molecule is OCCCc1cc(-c2ccc3ccccc3c2)no1. The monoisotopic (exact) mass is 253 g/mol. The lowest BCUT2D eigenvalue weighted by Crippen LogP contribution is -1.86. The number of aryl methyl sites for hydroxylation is 1. The fourth-order valence-electron chi connectivity index (χ4n) is 2.17. The molecule has 1 aromatic heterocycles. The van der Waals surface area contributed by atoms with E-state index in [4.69, 9.17) is 9.63 Å². The smallest absolute Gasteiger partial charge is 0.137 e. The Morgan fingerprint density at radius 1 is 1.00 bits per heavy atom. The highest BCUT2D eigenvalue weighted by Gasteiger charge is 2.06. The molecule has 0 spiro atoms. The predicted molar refractivity (Wildman–Crippen MR) is 74.9 cm³/mol. The molecule has 3 aromatic rings. The van der Waals surface area contributed by atoms with E-state index in [1.165, 1.54) is 10.8 Å². The molecule has 96 valence electrons. The fraction of sp³-hybridized carbons (Fsp3) is 0.188. The lowest BCUT2D eigenvalue weighted by atomic mass is 10.0. The Morgan fingerprint density at radius 3 is 2.68 bits per heavy atom. The van der Waals surface area contributed by atoms with Gasteiger partial charge in [-0.25, -0.2) is 0 Å². The molecular formula is C16H15NO2. The molecule has 0 unspecified atom stereocenters.